The predicted molar refractivity (Wildman–Crippen MR) is 38.9 cm³/mol. The van der Waals surface area contributed by atoms with E-state index in [1.807, 2.05) is 5.32 Å². The van der Waals surface area contributed by atoms with E-state index in [1.165, 1.54) is 0 Å². The van der Waals surface area contributed by atoms with Gasteiger partial charge in [0.05, 0.1) is 0 Å². The van der Waals surface area contributed by atoms with Gasteiger partial charge in [0.25, 0.3) is 0 Å². The highest BCUT2D eigenvalue weighted by atomic mass is 32.2. The van der Waals surface area contributed by atoms with Crippen LogP contribution in [0, 0.1) is 5.41 Å². The molecule has 0 aliphatic carbocycles. The summed E-state index contributed by atoms with van der Waals surface area (Å²) in [4.78, 5) is 10.4. The first-order chi connectivity index (χ1) is 4.70. The molecule has 3 N–H and O–H groups in total. The van der Waals surface area contributed by atoms with Crippen LogP contribution >= 0.6 is 11.8 Å². The maximum atomic E-state index is 11.3. The third-order valence-electron chi connectivity index (χ3n) is 0.659. The SMILES string of the molecule is CSC(=N)NC(=O)NCF. The second-order valence-corrected chi connectivity index (χ2v) is 2.11. The lowest BCUT2D eigenvalue weighted by atomic mass is 10.9. The lowest BCUT2D eigenvalue weighted by molar-refractivity contribution is 0.240. The fraction of sp³-hybridized carbons (Fsp3) is 0.500. The average Bonchev–Trinajstić information content (AvgIpc) is 1.88. The molecule has 0 spiro atoms. The zero-order valence-electron chi connectivity index (χ0n) is 5.40. The van der Waals surface area contributed by atoms with Gasteiger partial charge in [0.1, 0.15) is 0 Å². The normalized spacial score (nSPS) is 8.60. The van der Waals surface area contributed by atoms with Crippen molar-refractivity contribution in [2.45, 2.75) is 0 Å². The number of amides is 2. The average molecular weight is 165 g/mol. The smallest absolute Gasteiger partial charge is 0.310 e. The molecule has 0 saturated heterocycles. The summed E-state index contributed by atoms with van der Waals surface area (Å²) >= 11 is 1.07. The molecule has 0 atom stereocenters. The second-order valence-electron chi connectivity index (χ2n) is 1.30. The van der Waals surface area contributed by atoms with Gasteiger partial charge in [-0.3, -0.25) is 10.7 Å². The van der Waals surface area contributed by atoms with Crippen molar-refractivity contribution in [1.82, 2.24) is 10.6 Å². The Morgan fingerprint density at radius 3 is 2.80 bits per heavy atom. The van der Waals surface area contributed by atoms with E-state index in [0.717, 1.165) is 11.8 Å². The fourth-order valence-electron chi connectivity index (χ4n) is 0.259. The van der Waals surface area contributed by atoms with Crippen molar-refractivity contribution in [3.8, 4) is 0 Å². The van der Waals surface area contributed by atoms with E-state index >= 15 is 0 Å². The highest BCUT2D eigenvalue weighted by Crippen LogP contribution is 1.89. The first-order valence-corrected chi connectivity index (χ1v) is 3.66. The Morgan fingerprint density at radius 1 is 1.80 bits per heavy atom. The van der Waals surface area contributed by atoms with Crippen LogP contribution in [0.4, 0.5) is 9.18 Å². The molecule has 0 aromatic rings. The van der Waals surface area contributed by atoms with Gasteiger partial charge in [0.15, 0.2) is 12.0 Å². The van der Waals surface area contributed by atoms with Crippen LogP contribution in [0.3, 0.4) is 0 Å². The standard InChI is InChI=1S/C4H8FN3OS/c1-10-3(6)8-4(9)7-2-5/h2H2,1H3,(H3,6,7,8,9). The maximum Gasteiger partial charge on any atom is 0.322 e. The molecular formula is C4H8FN3OS. The highest BCUT2D eigenvalue weighted by Gasteiger charge is 1.99. The van der Waals surface area contributed by atoms with Crippen LogP contribution in [0.2, 0.25) is 0 Å². The number of thioether (sulfide) groups is 1. The minimum atomic E-state index is -0.923. The van der Waals surface area contributed by atoms with Gasteiger partial charge < -0.3 is 5.32 Å². The zero-order valence-corrected chi connectivity index (χ0v) is 6.22. The van der Waals surface area contributed by atoms with Crippen LogP contribution in [0.5, 0.6) is 0 Å². The van der Waals surface area contributed by atoms with Crippen molar-refractivity contribution in [1.29, 1.82) is 5.41 Å². The van der Waals surface area contributed by atoms with Crippen molar-refractivity contribution >= 4 is 23.0 Å². The number of hydrogen-bond acceptors (Lipinski definition) is 3. The van der Waals surface area contributed by atoms with Gasteiger partial charge in [-0.2, -0.15) is 0 Å². The Hall–Kier alpha value is -0.780. The summed E-state index contributed by atoms with van der Waals surface area (Å²) in [6.07, 6.45) is 1.64. The molecule has 0 saturated carbocycles. The molecule has 2 amide bonds. The Balaban J connectivity index is 3.47. The molecule has 4 nitrogen and oxygen atoms in total. The summed E-state index contributed by atoms with van der Waals surface area (Å²) in [5.74, 6) is 0. The topological polar surface area (TPSA) is 65.0 Å². The summed E-state index contributed by atoms with van der Waals surface area (Å²) in [5.41, 5.74) is 0. The van der Waals surface area contributed by atoms with Crippen LogP contribution in [0.15, 0.2) is 0 Å². The first-order valence-electron chi connectivity index (χ1n) is 2.44. The number of amidine groups is 1. The minimum Gasteiger partial charge on any atom is -0.310 e. The monoisotopic (exact) mass is 165 g/mol. The highest BCUT2D eigenvalue weighted by molar-refractivity contribution is 8.13. The Labute approximate surface area is 62.1 Å². The van der Waals surface area contributed by atoms with Gasteiger partial charge in [-0.1, -0.05) is 11.8 Å². The van der Waals surface area contributed by atoms with Gasteiger partial charge in [0, 0.05) is 0 Å². The van der Waals surface area contributed by atoms with Crippen LogP contribution < -0.4 is 10.6 Å². The number of carbonyl (C=O) groups excluding carboxylic acids is 1. The number of carbonyl (C=O) groups is 1. The van der Waals surface area contributed by atoms with Crippen LogP contribution in [-0.4, -0.2) is 24.3 Å². The van der Waals surface area contributed by atoms with Gasteiger partial charge in [-0.05, 0) is 6.26 Å². The Bertz CT molecular complexity index is 140. The van der Waals surface area contributed by atoms with Crippen molar-refractivity contribution in [2.75, 3.05) is 13.1 Å². The molecule has 0 unspecified atom stereocenters. The van der Waals surface area contributed by atoms with Crippen LogP contribution in [-0.2, 0) is 0 Å². The number of nitrogens with one attached hydrogen (secondary N) is 3. The fourth-order valence-corrected chi connectivity index (χ4v) is 0.454. The quantitative estimate of drug-likeness (QED) is 0.301. The molecule has 0 fully saturated rings. The third kappa shape index (κ3) is 4.13. The number of alkyl halides is 1. The van der Waals surface area contributed by atoms with E-state index in [0.29, 0.717) is 0 Å². The summed E-state index contributed by atoms with van der Waals surface area (Å²) in [7, 11) is 0. The van der Waals surface area contributed by atoms with E-state index in [4.69, 9.17) is 5.41 Å². The maximum absolute atomic E-state index is 11.3. The minimum absolute atomic E-state index is 0.00838. The molecule has 0 aliphatic heterocycles. The molecule has 0 heterocycles. The number of urea groups is 1. The molecule has 0 rings (SSSR count). The van der Waals surface area contributed by atoms with Crippen LogP contribution in [0.1, 0.15) is 0 Å². The molecule has 58 valence electrons. The van der Waals surface area contributed by atoms with Gasteiger partial charge in [-0.25, -0.2) is 9.18 Å². The molecule has 6 heteroatoms. The molecule has 0 aliphatic rings. The molecule has 10 heavy (non-hydrogen) atoms. The molecule has 0 bridgehead atoms. The Kier molecular flexibility index (Phi) is 4.65. The van der Waals surface area contributed by atoms with E-state index in [1.54, 1.807) is 6.26 Å². The van der Waals surface area contributed by atoms with Gasteiger partial charge in [-0.15, -0.1) is 0 Å². The van der Waals surface area contributed by atoms with E-state index in [9.17, 15) is 9.18 Å². The zero-order chi connectivity index (χ0) is 7.98. The van der Waals surface area contributed by atoms with Crippen molar-refractivity contribution < 1.29 is 9.18 Å². The van der Waals surface area contributed by atoms with Crippen molar-refractivity contribution in [3.05, 3.63) is 0 Å². The Morgan fingerprint density at radius 2 is 2.40 bits per heavy atom. The van der Waals surface area contributed by atoms with Crippen LogP contribution in [0.25, 0.3) is 0 Å². The lowest BCUT2D eigenvalue weighted by Gasteiger charge is -2.01. The lowest BCUT2D eigenvalue weighted by Crippen LogP contribution is -2.37. The largest absolute Gasteiger partial charge is 0.322 e. The molecule has 0 radical (unpaired) electrons. The number of halogens is 1. The summed E-state index contributed by atoms with van der Waals surface area (Å²) in [6, 6.07) is -0.693. The third-order valence-corrected chi connectivity index (χ3v) is 1.17. The predicted octanol–water partition coefficient (Wildman–Crippen LogP) is 0.510. The van der Waals surface area contributed by atoms with E-state index in [2.05, 4.69) is 5.32 Å². The second kappa shape index (κ2) is 5.04. The summed E-state index contributed by atoms with van der Waals surface area (Å²) in [6.45, 7) is -0.923. The van der Waals surface area contributed by atoms with E-state index in [-0.39, 0.29) is 5.17 Å². The first kappa shape index (κ1) is 9.22. The van der Waals surface area contributed by atoms with Gasteiger partial charge >= 0.3 is 6.03 Å². The number of hydrogen-bond donors (Lipinski definition) is 3. The summed E-state index contributed by atoms with van der Waals surface area (Å²) in [5, 5.41) is 10.8. The molecule has 0 aromatic heterocycles. The summed E-state index contributed by atoms with van der Waals surface area (Å²) < 4.78 is 11.3. The van der Waals surface area contributed by atoms with Crippen molar-refractivity contribution in [3.63, 3.8) is 0 Å². The molecular weight excluding hydrogens is 157 g/mol. The molecule has 0 aromatic carbocycles. The number of rotatable bonds is 1. The van der Waals surface area contributed by atoms with Gasteiger partial charge in [0.2, 0.25) is 0 Å². The van der Waals surface area contributed by atoms with E-state index < -0.39 is 12.8 Å². The van der Waals surface area contributed by atoms with Crippen molar-refractivity contribution in [2.24, 2.45) is 0 Å².